The molecule has 0 unspecified atom stereocenters. The number of hydrogen-bond acceptors (Lipinski definition) is 2. The summed E-state index contributed by atoms with van der Waals surface area (Å²) in [7, 11) is 0. The lowest BCUT2D eigenvalue weighted by atomic mass is 10.4. The lowest BCUT2D eigenvalue weighted by Gasteiger charge is -2.14. The highest BCUT2D eigenvalue weighted by Crippen LogP contribution is 1.86. The molecule has 3 nitrogen and oxygen atoms in total. The van der Waals surface area contributed by atoms with E-state index >= 15 is 0 Å². The van der Waals surface area contributed by atoms with Crippen LogP contribution in [0.25, 0.3) is 0 Å². The third kappa shape index (κ3) is 5.61. The second-order valence-corrected chi connectivity index (χ2v) is 2.23. The summed E-state index contributed by atoms with van der Waals surface area (Å²) in [6.07, 6.45) is 2.84. The third-order valence-corrected chi connectivity index (χ3v) is 1.52. The summed E-state index contributed by atoms with van der Waals surface area (Å²) in [4.78, 5) is 12.2. The molecule has 0 aliphatic heterocycles. The maximum Gasteiger partial charge on any atom is 0.328 e. The van der Waals surface area contributed by atoms with Gasteiger partial charge in [0.05, 0.1) is 0 Å². The van der Waals surface area contributed by atoms with Crippen molar-refractivity contribution in [1.29, 1.82) is 0 Å². The van der Waals surface area contributed by atoms with Crippen LogP contribution in [0.2, 0.25) is 0 Å². The molecule has 1 N–H and O–H groups in total. The summed E-state index contributed by atoms with van der Waals surface area (Å²) in [5.41, 5.74) is 0. The number of hydrogen-bond donors (Lipinski definition) is 1. The number of likely N-dealkylation sites (N-methyl/N-ethyl adjacent to an activating group) is 1. The topological polar surface area (TPSA) is 40.5 Å². The molecule has 0 aromatic heterocycles. The number of rotatable bonds is 5. The minimum atomic E-state index is -0.878. The Morgan fingerprint density at radius 2 is 2.00 bits per heavy atom. The highest BCUT2D eigenvalue weighted by Gasteiger charge is 1.94. The van der Waals surface area contributed by atoms with Gasteiger partial charge < -0.3 is 10.0 Å². The van der Waals surface area contributed by atoms with Gasteiger partial charge in [0.15, 0.2) is 0 Å². The van der Waals surface area contributed by atoms with Crippen molar-refractivity contribution in [2.75, 3.05) is 19.6 Å². The molecular formula is C8H15NO2. The van der Waals surface area contributed by atoms with E-state index in [-0.39, 0.29) is 0 Å². The molecule has 0 radical (unpaired) electrons. The summed E-state index contributed by atoms with van der Waals surface area (Å²) in [6.45, 7) is 6.75. The molecule has 0 aliphatic carbocycles. The fourth-order valence-electron chi connectivity index (χ4n) is 0.784. The molecule has 0 saturated carbocycles. The molecule has 11 heavy (non-hydrogen) atoms. The highest BCUT2D eigenvalue weighted by atomic mass is 16.4. The predicted molar refractivity (Wildman–Crippen MR) is 44.6 cm³/mol. The van der Waals surface area contributed by atoms with E-state index in [1.807, 2.05) is 0 Å². The number of carbonyl (C=O) groups is 1. The van der Waals surface area contributed by atoms with E-state index in [1.165, 1.54) is 6.08 Å². The van der Waals surface area contributed by atoms with Gasteiger partial charge in [0, 0.05) is 12.6 Å². The van der Waals surface area contributed by atoms with E-state index in [2.05, 4.69) is 18.7 Å². The van der Waals surface area contributed by atoms with Gasteiger partial charge in [0.1, 0.15) is 0 Å². The minimum absolute atomic E-state index is 0.722. The van der Waals surface area contributed by atoms with Crippen LogP contribution in [0.3, 0.4) is 0 Å². The van der Waals surface area contributed by atoms with Gasteiger partial charge in [-0.15, -0.1) is 0 Å². The molecule has 0 saturated heterocycles. The Labute approximate surface area is 67.3 Å². The van der Waals surface area contributed by atoms with Crippen LogP contribution in [0.4, 0.5) is 0 Å². The maximum absolute atomic E-state index is 10.1. The van der Waals surface area contributed by atoms with Gasteiger partial charge in [0.25, 0.3) is 0 Å². The molecule has 0 aliphatic rings. The summed E-state index contributed by atoms with van der Waals surface area (Å²) >= 11 is 0. The maximum atomic E-state index is 10.1. The predicted octanol–water partition coefficient (Wildman–Crippen LogP) is 0.969. The van der Waals surface area contributed by atoms with Gasteiger partial charge in [0.2, 0.25) is 0 Å². The first-order chi connectivity index (χ1) is 5.20. The second kappa shape index (κ2) is 5.92. The zero-order chi connectivity index (χ0) is 8.69. The van der Waals surface area contributed by atoms with Crippen molar-refractivity contribution in [2.24, 2.45) is 0 Å². The van der Waals surface area contributed by atoms with Crippen LogP contribution in [0.1, 0.15) is 13.8 Å². The second-order valence-electron chi connectivity index (χ2n) is 2.23. The van der Waals surface area contributed by atoms with Crippen molar-refractivity contribution in [3.63, 3.8) is 0 Å². The lowest BCUT2D eigenvalue weighted by molar-refractivity contribution is -0.131. The lowest BCUT2D eigenvalue weighted by Crippen LogP contribution is -2.22. The summed E-state index contributed by atoms with van der Waals surface area (Å²) in [5, 5.41) is 8.27. The Hall–Kier alpha value is -0.830. The van der Waals surface area contributed by atoms with E-state index in [4.69, 9.17) is 5.11 Å². The van der Waals surface area contributed by atoms with Crippen LogP contribution < -0.4 is 0 Å². The van der Waals surface area contributed by atoms with Crippen molar-refractivity contribution in [3.05, 3.63) is 12.2 Å². The smallest absolute Gasteiger partial charge is 0.328 e. The summed E-state index contributed by atoms with van der Waals surface area (Å²) < 4.78 is 0. The standard InChI is InChI=1S/C8H15NO2/c1-3-9(4-2)7-5-6-8(10)11/h5-6H,3-4,7H2,1-2H3,(H,10,11)/b6-5+. The molecule has 0 atom stereocenters. The van der Waals surface area contributed by atoms with Gasteiger partial charge in [-0.25, -0.2) is 4.79 Å². The van der Waals surface area contributed by atoms with E-state index in [1.54, 1.807) is 6.08 Å². The largest absolute Gasteiger partial charge is 0.478 e. The van der Waals surface area contributed by atoms with Crippen LogP contribution >= 0.6 is 0 Å². The Bertz CT molecular complexity index is 139. The van der Waals surface area contributed by atoms with Crippen molar-refractivity contribution >= 4 is 5.97 Å². The quantitative estimate of drug-likeness (QED) is 0.604. The van der Waals surface area contributed by atoms with Gasteiger partial charge in [-0.1, -0.05) is 19.9 Å². The monoisotopic (exact) mass is 157 g/mol. The molecule has 64 valence electrons. The number of aliphatic carboxylic acids is 1. The SMILES string of the molecule is CCN(CC)C/C=C/C(=O)O. The molecule has 3 heteroatoms. The van der Waals surface area contributed by atoms with Crippen LogP contribution in [0, 0.1) is 0 Å². The summed E-state index contributed by atoms with van der Waals surface area (Å²) in [6, 6.07) is 0. The van der Waals surface area contributed by atoms with Crippen molar-refractivity contribution in [3.8, 4) is 0 Å². The molecule has 0 aromatic carbocycles. The van der Waals surface area contributed by atoms with Gasteiger partial charge >= 0.3 is 5.97 Å². The molecule has 0 heterocycles. The Kier molecular flexibility index (Phi) is 5.47. The van der Waals surface area contributed by atoms with Gasteiger partial charge in [-0.3, -0.25) is 0 Å². The molecule has 0 bridgehead atoms. The van der Waals surface area contributed by atoms with Crippen LogP contribution in [-0.4, -0.2) is 35.6 Å². The Balaban J connectivity index is 3.57. The first kappa shape index (κ1) is 10.2. The van der Waals surface area contributed by atoms with Gasteiger partial charge in [-0.2, -0.15) is 0 Å². The Morgan fingerprint density at radius 1 is 1.45 bits per heavy atom. The van der Waals surface area contributed by atoms with Crippen molar-refractivity contribution in [2.45, 2.75) is 13.8 Å². The molecule has 0 aromatic rings. The first-order valence-electron chi connectivity index (χ1n) is 3.82. The average Bonchev–Trinajstić information content (AvgIpc) is 1.98. The van der Waals surface area contributed by atoms with Crippen molar-refractivity contribution < 1.29 is 9.90 Å². The molecular weight excluding hydrogens is 142 g/mol. The summed E-state index contributed by atoms with van der Waals surface area (Å²) in [5.74, 6) is -0.878. The van der Waals surface area contributed by atoms with E-state index < -0.39 is 5.97 Å². The number of carboxylic acids is 1. The highest BCUT2D eigenvalue weighted by molar-refractivity contribution is 5.79. The van der Waals surface area contributed by atoms with Crippen LogP contribution in [0.5, 0.6) is 0 Å². The third-order valence-electron chi connectivity index (χ3n) is 1.52. The minimum Gasteiger partial charge on any atom is -0.478 e. The first-order valence-corrected chi connectivity index (χ1v) is 3.82. The van der Waals surface area contributed by atoms with E-state index in [0.29, 0.717) is 0 Å². The van der Waals surface area contributed by atoms with Crippen LogP contribution in [0.15, 0.2) is 12.2 Å². The Morgan fingerprint density at radius 3 is 2.36 bits per heavy atom. The molecule has 0 spiro atoms. The molecule has 0 amide bonds. The van der Waals surface area contributed by atoms with Crippen LogP contribution in [-0.2, 0) is 4.79 Å². The zero-order valence-electron chi connectivity index (χ0n) is 7.08. The van der Waals surface area contributed by atoms with Gasteiger partial charge in [-0.05, 0) is 13.1 Å². The molecule has 0 fully saturated rings. The van der Waals surface area contributed by atoms with Crippen molar-refractivity contribution in [1.82, 2.24) is 4.90 Å². The number of nitrogens with zero attached hydrogens (tertiary/aromatic N) is 1. The fourth-order valence-corrected chi connectivity index (χ4v) is 0.784. The van der Waals surface area contributed by atoms with E-state index in [9.17, 15) is 4.79 Å². The normalized spacial score (nSPS) is 11.2. The fraction of sp³-hybridized carbons (Fsp3) is 0.625. The zero-order valence-corrected chi connectivity index (χ0v) is 7.08. The van der Waals surface area contributed by atoms with E-state index in [0.717, 1.165) is 19.6 Å². The average molecular weight is 157 g/mol. The number of carboxylic acid groups (broad SMARTS) is 1. The molecule has 0 rings (SSSR count).